The molecule has 0 aromatic carbocycles. The van der Waals surface area contributed by atoms with E-state index < -0.39 is 16.1 Å². The minimum atomic E-state index is -3.76. The molecule has 1 unspecified atom stereocenters. The summed E-state index contributed by atoms with van der Waals surface area (Å²) in [4.78, 5) is 16.6. The lowest BCUT2D eigenvalue weighted by Crippen LogP contribution is -2.41. The van der Waals surface area contributed by atoms with E-state index in [4.69, 9.17) is 5.14 Å². The van der Waals surface area contributed by atoms with Crippen molar-refractivity contribution in [2.45, 2.75) is 50.1 Å². The molecule has 1 aliphatic heterocycles. The van der Waals surface area contributed by atoms with Gasteiger partial charge in [-0.2, -0.15) is 0 Å². The number of rotatable bonds is 7. The van der Waals surface area contributed by atoms with Gasteiger partial charge in [0.05, 0.1) is 11.9 Å². The molecule has 0 spiro atoms. The van der Waals surface area contributed by atoms with Gasteiger partial charge in [0.2, 0.25) is 0 Å². The molecule has 1 aromatic rings. The Kier molecular flexibility index (Phi) is 5.89. The van der Waals surface area contributed by atoms with Gasteiger partial charge in [0.25, 0.3) is 10.0 Å². The van der Waals surface area contributed by atoms with Gasteiger partial charge in [0, 0.05) is 18.6 Å². The molecule has 1 amide bonds. The Morgan fingerprint density at radius 2 is 2.16 bits per heavy atom. The second-order valence-corrected chi connectivity index (χ2v) is 8.64. The summed E-state index contributed by atoms with van der Waals surface area (Å²) < 4.78 is 22.3. The van der Waals surface area contributed by atoms with Gasteiger partial charge < -0.3 is 15.3 Å². The zero-order valence-electron chi connectivity index (χ0n) is 14.6. The number of hydrogen-bond acceptors (Lipinski definition) is 5. The number of unbranched alkanes of at least 4 members (excludes halogenated alkanes) is 1. The molecule has 1 aromatic heterocycles. The van der Waals surface area contributed by atoms with Crippen LogP contribution >= 0.6 is 0 Å². The van der Waals surface area contributed by atoms with E-state index in [0.29, 0.717) is 12.5 Å². The summed E-state index contributed by atoms with van der Waals surface area (Å²) in [6.45, 7) is 5.30. The lowest BCUT2D eigenvalue weighted by molar-refractivity contribution is 0.117. The van der Waals surface area contributed by atoms with Crippen LogP contribution in [-0.2, 0) is 10.0 Å². The molecule has 1 aliphatic rings. The van der Waals surface area contributed by atoms with Gasteiger partial charge in [-0.1, -0.05) is 6.42 Å². The smallest absolute Gasteiger partial charge is 0.407 e. The van der Waals surface area contributed by atoms with E-state index in [1.807, 2.05) is 13.8 Å². The van der Waals surface area contributed by atoms with Gasteiger partial charge in [0.1, 0.15) is 0 Å². The van der Waals surface area contributed by atoms with Crippen LogP contribution in [0.4, 0.5) is 10.5 Å². The zero-order valence-corrected chi connectivity index (χ0v) is 15.4. The molecule has 9 heteroatoms. The summed E-state index contributed by atoms with van der Waals surface area (Å²) in [5.41, 5.74) is 0.456. The fourth-order valence-corrected chi connectivity index (χ4v) is 3.82. The molecule has 0 aliphatic carbocycles. The van der Waals surface area contributed by atoms with Crippen LogP contribution in [0.15, 0.2) is 23.4 Å². The minimum Gasteiger partial charge on any atom is -0.465 e. The van der Waals surface area contributed by atoms with Crippen molar-refractivity contribution in [2.75, 3.05) is 18.4 Å². The second-order valence-electron chi connectivity index (χ2n) is 7.13. The molecule has 4 N–H and O–H groups in total. The molecule has 140 valence electrons. The number of hydrogen-bond donors (Lipinski definition) is 3. The third-order valence-corrected chi connectivity index (χ3v) is 5.41. The summed E-state index contributed by atoms with van der Waals surface area (Å²) in [6.07, 6.45) is 4.45. The quantitative estimate of drug-likeness (QED) is 0.631. The van der Waals surface area contributed by atoms with E-state index in [2.05, 4.69) is 10.3 Å². The van der Waals surface area contributed by atoms with Crippen molar-refractivity contribution < 1.29 is 18.3 Å². The Labute approximate surface area is 148 Å². The van der Waals surface area contributed by atoms with Crippen LogP contribution in [0.1, 0.15) is 39.5 Å². The standard InChI is InChI=1S/C16H26N4O4S/c1-16(2)9-12(11-20(16)15(21)22)5-3-4-8-18-13-6-7-14(19-10-13)25(17,23)24/h6-7,10,12,18H,3-5,8-9,11H2,1-2H3,(H,21,22)(H2,17,23,24). The predicted molar refractivity (Wildman–Crippen MR) is 94.9 cm³/mol. The largest absolute Gasteiger partial charge is 0.465 e. The SMILES string of the molecule is CC1(C)CC(CCCCNc2ccc(S(N)(=O)=O)nc2)CN1C(=O)O. The number of sulfonamides is 1. The maximum atomic E-state index is 11.2. The first-order valence-corrected chi connectivity index (χ1v) is 9.87. The Morgan fingerprint density at radius 3 is 2.68 bits per heavy atom. The van der Waals surface area contributed by atoms with Crippen LogP contribution in [-0.4, -0.2) is 48.1 Å². The van der Waals surface area contributed by atoms with Gasteiger partial charge in [-0.05, 0) is 51.2 Å². The van der Waals surface area contributed by atoms with E-state index in [1.165, 1.54) is 17.2 Å². The molecule has 1 fully saturated rings. The summed E-state index contributed by atoms with van der Waals surface area (Å²) in [5, 5.41) is 17.3. The van der Waals surface area contributed by atoms with Crippen molar-refractivity contribution >= 4 is 21.8 Å². The maximum Gasteiger partial charge on any atom is 0.407 e. The van der Waals surface area contributed by atoms with Gasteiger partial charge in [-0.3, -0.25) is 0 Å². The van der Waals surface area contributed by atoms with E-state index >= 15 is 0 Å². The Morgan fingerprint density at radius 1 is 1.44 bits per heavy atom. The highest BCUT2D eigenvalue weighted by atomic mass is 32.2. The molecular formula is C16H26N4O4S. The first kappa shape index (κ1) is 19.5. The number of carbonyl (C=O) groups is 1. The summed E-state index contributed by atoms with van der Waals surface area (Å²) in [7, 11) is -3.76. The molecule has 0 bridgehead atoms. The van der Waals surface area contributed by atoms with Crippen molar-refractivity contribution in [1.82, 2.24) is 9.88 Å². The van der Waals surface area contributed by atoms with E-state index in [0.717, 1.165) is 37.9 Å². The average Bonchev–Trinajstić information content (AvgIpc) is 2.81. The molecule has 2 heterocycles. The predicted octanol–water partition coefficient (Wildman–Crippen LogP) is 2.09. The summed E-state index contributed by atoms with van der Waals surface area (Å²) in [5.74, 6) is 0.404. The first-order chi connectivity index (χ1) is 11.6. The van der Waals surface area contributed by atoms with Crippen LogP contribution in [0.2, 0.25) is 0 Å². The number of nitrogens with zero attached hydrogens (tertiary/aromatic N) is 2. The van der Waals surface area contributed by atoms with Crippen molar-refractivity contribution in [3.63, 3.8) is 0 Å². The number of likely N-dealkylation sites (tertiary alicyclic amines) is 1. The van der Waals surface area contributed by atoms with Crippen LogP contribution < -0.4 is 10.5 Å². The van der Waals surface area contributed by atoms with Gasteiger partial charge in [-0.15, -0.1) is 0 Å². The minimum absolute atomic E-state index is 0.148. The third kappa shape index (κ3) is 5.30. The summed E-state index contributed by atoms with van der Waals surface area (Å²) in [6, 6.07) is 3.01. The van der Waals surface area contributed by atoms with Crippen molar-refractivity contribution in [3.8, 4) is 0 Å². The Bertz CT molecular complexity index is 703. The van der Waals surface area contributed by atoms with Crippen LogP contribution in [0.5, 0.6) is 0 Å². The number of nitrogens with one attached hydrogen (secondary N) is 1. The maximum absolute atomic E-state index is 11.2. The molecule has 0 saturated carbocycles. The number of nitrogens with two attached hydrogens (primary N) is 1. The highest BCUT2D eigenvalue weighted by molar-refractivity contribution is 7.89. The first-order valence-electron chi connectivity index (χ1n) is 8.33. The number of anilines is 1. The molecule has 0 radical (unpaired) electrons. The van der Waals surface area contributed by atoms with Gasteiger partial charge >= 0.3 is 6.09 Å². The third-order valence-electron chi connectivity index (χ3n) is 4.59. The van der Waals surface area contributed by atoms with Crippen molar-refractivity contribution in [2.24, 2.45) is 11.1 Å². The van der Waals surface area contributed by atoms with E-state index in [-0.39, 0.29) is 10.6 Å². The van der Waals surface area contributed by atoms with Crippen molar-refractivity contribution in [3.05, 3.63) is 18.3 Å². The molecule has 1 atom stereocenters. The number of aromatic nitrogens is 1. The highest BCUT2D eigenvalue weighted by Gasteiger charge is 2.40. The lowest BCUT2D eigenvalue weighted by atomic mass is 9.93. The van der Waals surface area contributed by atoms with Crippen LogP contribution in [0, 0.1) is 5.92 Å². The lowest BCUT2D eigenvalue weighted by Gasteiger charge is -2.28. The highest BCUT2D eigenvalue weighted by Crippen LogP contribution is 2.35. The molecular weight excluding hydrogens is 344 g/mol. The topological polar surface area (TPSA) is 126 Å². The summed E-state index contributed by atoms with van der Waals surface area (Å²) >= 11 is 0. The second kappa shape index (κ2) is 7.57. The zero-order chi connectivity index (χ0) is 18.7. The number of pyridine rings is 1. The number of carboxylic acid groups (broad SMARTS) is 1. The average molecular weight is 370 g/mol. The molecule has 2 rings (SSSR count). The van der Waals surface area contributed by atoms with Crippen LogP contribution in [0.3, 0.4) is 0 Å². The van der Waals surface area contributed by atoms with Gasteiger partial charge in [0.15, 0.2) is 5.03 Å². The normalized spacial score (nSPS) is 19.8. The van der Waals surface area contributed by atoms with Crippen molar-refractivity contribution in [1.29, 1.82) is 0 Å². The van der Waals surface area contributed by atoms with Crippen LogP contribution in [0.25, 0.3) is 0 Å². The Hall–Kier alpha value is -1.87. The molecule has 1 saturated heterocycles. The molecule has 25 heavy (non-hydrogen) atoms. The number of amides is 1. The number of primary sulfonamides is 1. The van der Waals surface area contributed by atoms with Gasteiger partial charge in [-0.25, -0.2) is 23.3 Å². The Balaban J connectivity index is 1.70. The van der Waals surface area contributed by atoms with E-state index in [1.54, 1.807) is 6.07 Å². The monoisotopic (exact) mass is 370 g/mol. The molecule has 8 nitrogen and oxygen atoms in total. The van der Waals surface area contributed by atoms with E-state index in [9.17, 15) is 18.3 Å². The fraction of sp³-hybridized carbons (Fsp3) is 0.625. The fourth-order valence-electron chi connectivity index (χ4n) is 3.36.